The predicted molar refractivity (Wildman–Crippen MR) is 184 cm³/mol. The maximum Gasteiger partial charge on any atom is 0.264 e. The molecule has 9 nitrogen and oxygen atoms in total. The quantitative estimate of drug-likeness (QED) is 0.154. The lowest BCUT2D eigenvalue weighted by molar-refractivity contribution is -0.140. The molecule has 0 radical (unpaired) electrons. The van der Waals surface area contributed by atoms with Crippen LogP contribution in [0.1, 0.15) is 31.4 Å². The van der Waals surface area contributed by atoms with Crippen molar-refractivity contribution in [3.63, 3.8) is 0 Å². The minimum atomic E-state index is -4.26. The zero-order valence-corrected chi connectivity index (χ0v) is 28.3. The first-order valence-electron chi connectivity index (χ1n) is 15.4. The molecule has 0 aromatic heterocycles. The lowest BCUT2D eigenvalue weighted by Gasteiger charge is -2.34. The molecule has 2 amide bonds. The number of carbonyl (C=O) groups is 2. The van der Waals surface area contributed by atoms with Crippen LogP contribution in [-0.2, 0) is 32.6 Å². The standard InChI is InChI=1S/C36H40ClN3O6S/c1-4-22-38-36(42)34(24-27-10-7-6-8-11-27)39(25-28-12-9-13-32(23-28)45-3)35(41)26-40(30-16-18-31(19-17-30)46-5-2)47(43,44)33-20-14-29(37)15-21-33/h6-21,23,34H,4-5,22,24-26H2,1-3H3,(H,38,42)/t34-/m0/s1. The fourth-order valence-corrected chi connectivity index (χ4v) is 6.57. The molecule has 0 bridgehead atoms. The van der Waals surface area contributed by atoms with Gasteiger partial charge in [-0.15, -0.1) is 0 Å². The topological polar surface area (TPSA) is 105 Å². The number of anilines is 1. The smallest absolute Gasteiger partial charge is 0.264 e. The van der Waals surface area contributed by atoms with Crippen LogP contribution in [0.5, 0.6) is 11.5 Å². The third-order valence-electron chi connectivity index (χ3n) is 7.42. The molecule has 0 aliphatic heterocycles. The van der Waals surface area contributed by atoms with E-state index in [4.69, 9.17) is 21.1 Å². The first-order valence-corrected chi connectivity index (χ1v) is 17.2. The second-order valence-electron chi connectivity index (χ2n) is 10.8. The van der Waals surface area contributed by atoms with E-state index in [9.17, 15) is 18.0 Å². The first kappa shape index (κ1) is 35.3. The summed E-state index contributed by atoms with van der Waals surface area (Å²) in [4.78, 5) is 29.8. The van der Waals surface area contributed by atoms with Crippen molar-refractivity contribution in [2.45, 2.75) is 44.2 Å². The monoisotopic (exact) mass is 677 g/mol. The number of rotatable bonds is 16. The number of carbonyl (C=O) groups excluding carboxylic acids is 2. The number of hydrogen-bond donors (Lipinski definition) is 1. The van der Waals surface area contributed by atoms with Gasteiger partial charge in [0.1, 0.15) is 24.1 Å². The molecule has 0 fully saturated rings. The average molecular weight is 678 g/mol. The third-order valence-corrected chi connectivity index (χ3v) is 9.46. The van der Waals surface area contributed by atoms with Gasteiger partial charge in [0, 0.05) is 24.5 Å². The molecule has 0 aliphatic rings. The molecule has 0 saturated carbocycles. The lowest BCUT2D eigenvalue weighted by atomic mass is 10.0. The Morgan fingerprint density at radius 3 is 2.17 bits per heavy atom. The van der Waals surface area contributed by atoms with E-state index in [1.54, 1.807) is 49.6 Å². The molecule has 11 heteroatoms. The van der Waals surface area contributed by atoms with Crippen molar-refractivity contribution >= 4 is 39.1 Å². The number of sulfonamides is 1. The number of halogens is 1. The molecule has 4 aromatic carbocycles. The van der Waals surface area contributed by atoms with Crippen LogP contribution >= 0.6 is 11.6 Å². The van der Waals surface area contributed by atoms with Gasteiger partial charge >= 0.3 is 0 Å². The van der Waals surface area contributed by atoms with Crippen molar-refractivity contribution in [3.05, 3.63) is 119 Å². The molecular weight excluding hydrogens is 638 g/mol. The summed E-state index contributed by atoms with van der Waals surface area (Å²) in [5.74, 6) is 0.250. The van der Waals surface area contributed by atoms with Crippen LogP contribution in [-0.4, -0.2) is 58.0 Å². The van der Waals surface area contributed by atoms with Crippen molar-refractivity contribution in [2.24, 2.45) is 0 Å². The normalized spacial score (nSPS) is 11.7. The summed E-state index contributed by atoms with van der Waals surface area (Å²) in [6.45, 7) is 4.12. The summed E-state index contributed by atoms with van der Waals surface area (Å²) < 4.78 is 40.4. The highest BCUT2D eigenvalue weighted by atomic mass is 35.5. The van der Waals surface area contributed by atoms with Gasteiger partial charge in [-0.05, 0) is 85.1 Å². The molecule has 47 heavy (non-hydrogen) atoms. The number of ether oxygens (including phenoxy) is 2. The highest BCUT2D eigenvalue weighted by molar-refractivity contribution is 7.92. The fourth-order valence-electron chi connectivity index (χ4n) is 5.03. The van der Waals surface area contributed by atoms with E-state index in [-0.39, 0.29) is 29.5 Å². The van der Waals surface area contributed by atoms with Gasteiger partial charge in [0.05, 0.1) is 24.3 Å². The Labute approximate surface area is 282 Å². The molecule has 0 saturated heterocycles. The minimum absolute atomic E-state index is 0.0329. The fraction of sp³-hybridized carbons (Fsp3) is 0.278. The minimum Gasteiger partial charge on any atom is -0.497 e. The van der Waals surface area contributed by atoms with Gasteiger partial charge in [0.25, 0.3) is 10.0 Å². The molecule has 4 aromatic rings. The second-order valence-corrected chi connectivity index (χ2v) is 13.1. The molecule has 248 valence electrons. The largest absolute Gasteiger partial charge is 0.497 e. The van der Waals surface area contributed by atoms with Gasteiger partial charge in [0.2, 0.25) is 11.8 Å². The van der Waals surface area contributed by atoms with Crippen molar-refractivity contribution < 1.29 is 27.5 Å². The highest BCUT2D eigenvalue weighted by Gasteiger charge is 2.34. The van der Waals surface area contributed by atoms with E-state index in [1.807, 2.05) is 50.2 Å². The van der Waals surface area contributed by atoms with Gasteiger partial charge in [0.15, 0.2) is 0 Å². The van der Waals surface area contributed by atoms with Crippen LogP contribution in [0.2, 0.25) is 5.02 Å². The van der Waals surface area contributed by atoms with E-state index in [0.717, 1.165) is 9.87 Å². The molecule has 1 N–H and O–H groups in total. The second kappa shape index (κ2) is 16.9. The van der Waals surface area contributed by atoms with Gasteiger partial charge < -0.3 is 19.7 Å². The van der Waals surface area contributed by atoms with Crippen molar-refractivity contribution in [1.29, 1.82) is 0 Å². The van der Waals surface area contributed by atoms with E-state index in [0.29, 0.717) is 41.7 Å². The number of methoxy groups -OCH3 is 1. The zero-order valence-electron chi connectivity index (χ0n) is 26.8. The molecule has 0 unspecified atom stereocenters. The van der Waals surface area contributed by atoms with Crippen LogP contribution in [0.3, 0.4) is 0 Å². The number of benzene rings is 4. The number of hydrogen-bond acceptors (Lipinski definition) is 6. The molecule has 1 atom stereocenters. The van der Waals surface area contributed by atoms with Gasteiger partial charge in [-0.2, -0.15) is 0 Å². The predicted octanol–water partition coefficient (Wildman–Crippen LogP) is 6.11. The summed E-state index contributed by atoms with van der Waals surface area (Å²) in [5.41, 5.74) is 1.82. The molecule has 0 heterocycles. The Morgan fingerprint density at radius 2 is 1.53 bits per heavy atom. The van der Waals surface area contributed by atoms with Gasteiger partial charge in [-0.3, -0.25) is 13.9 Å². The Balaban J connectivity index is 1.80. The summed E-state index contributed by atoms with van der Waals surface area (Å²) >= 11 is 6.07. The Bertz CT molecular complexity index is 1720. The first-order chi connectivity index (χ1) is 22.7. The molecule has 4 rings (SSSR count). The molecular formula is C36H40ClN3O6S. The van der Waals surface area contributed by atoms with E-state index >= 15 is 0 Å². The number of nitrogens with one attached hydrogen (secondary N) is 1. The van der Waals surface area contributed by atoms with Gasteiger partial charge in [-0.25, -0.2) is 8.42 Å². The zero-order chi connectivity index (χ0) is 33.8. The van der Waals surface area contributed by atoms with Crippen LogP contribution in [0.4, 0.5) is 5.69 Å². The van der Waals surface area contributed by atoms with E-state index < -0.39 is 28.5 Å². The molecule has 0 aliphatic carbocycles. The summed E-state index contributed by atoms with van der Waals surface area (Å²) in [6, 6.07) is 27.9. The molecule has 0 spiro atoms. The number of nitrogens with zero attached hydrogens (tertiary/aromatic N) is 2. The third kappa shape index (κ3) is 9.49. The maximum atomic E-state index is 14.6. The Morgan fingerprint density at radius 1 is 0.851 bits per heavy atom. The van der Waals surface area contributed by atoms with Crippen molar-refractivity contribution in [1.82, 2.24) is 10.2 Å². The summed E-state index contributed by atoms with van der Waals surface area (Å²) in [5, 5.41) is 3.32. The van der Waals surface area contributed by atoms with Crippen molar-refractivity contribution in [2.75, 3.05) is 31.1 Å². The highest BCUT2D eigenvalue weighted by Crippen LogP contribution is 2.28. The maximum absolute atomic E-state index is 14.6. The number of amides is 2. The Kier molecular flexibility index (Phi) is 12.7. The van der Waals surface area contributed by atoms with E-state index in [2.05, 4.69) is 5.32 Å². The lowest BCUT2D eigenvalue weighted by Crippen LogP contribution is -2.53. The Hall–Kier alpha value is -4.54. The average Bonchev–Trinajstić information content (AvgIpc) is 3.08. The SMILES string of the molecule is CCCNC(=O)[C@H](Cc1ccccc1)N(Cc1cccc(OC)c1)C(=O)CN(c1ccc(OCC)cc1)S(=O)(=O)c1ccc(Cl)cc1. The van der Waals surface area contributed by atoms with Crippen molar-refractivity contribution in [3.8, 4) is 11.5 Å². The van der Waals surface area contributed by atoms with Crippen LogP contribution in [0, 0.1) is 0 Å². The van der Waals surface area contributed by atoms with E-state index in [1.165, 1.54) is 29.2 Å². The van der Waals surface area contributed by atoms with Crippen LogP contribution in [0.25, 0.3) is 0 Å². The van der Waals surface area contributed by atoms with Gasteiger partial charge in [-0.1, -0.05) is 61.0 Å². The summed E-state index contributed by atoms with van der Waals surface area (Å²) in [6.07, 6.45) is 0.928. The van der Waals surface area contributed by atoms with Crippen LogP contribution in [0.15, 0.2) is 108 Å². The summed E-state index contributed by atoms with van der Waals surface area (Å²) in [7, 11) is -2.71. The van der Waals surface area contributed by atoms with Crippen LogP contribution < -0.4 is 19.1 Å².